The molecule has 2 aromatic rings. The van der Waals surface area contributed by atoms with Gasteiger partial charge in [0.15, 0.2) is 0 Å². The number of alkyl halides is 3. The van der Waals surface area contributed by atoms with Crippen LogP contribution in [0.1, 0.15) is 39.2 Å². The van der Waals surface area contributed by atoms with Gasteiger partial charge in [0.25, 0.3) is 5.91 Å². The highest BCUT2D eigenvalue weighted by Crippen LogP contribution is 2.40. The van der Waals surface area contributed by atoms with Crippen molar-refractivity contribution in [2.45, 2.75) is 35.6 Å². The van der Waals surface area contributed by atoms with Gasteiger partial charge < -0.3 is 10.6 Å². The van der Waals surface area contributed by atoms with Crippen LogP contribution >= 0.6 is 46.1 Å². The number of benzene rings is 1. The van der Waals surface area contributed by atoms with Crippen molar-refractivity contribution < 1.29 is 4.79 Å². The second kappa shape index (κ2) is 8.06. The second-order valence-corrected chi connectivity index (χ2v) is 9.46. The summed E-state index contributed by atoms with van der Waals surface area (Å²) in [4.78, 5) is 13.6. The van der Waals surface area contributed by atoms with Crippen LogP contribution in [0.25, 0.3) is 0 Å². The Labute approximate surface area is 171 Å². The average molecular weight is 429 g/mol. The molecule has 26 heavy (non-hydrogen) atoms. The normalized spacial score (nSPS) is 14.8. The molecule has 0 saturated carbocycles. The molecular weight excluding hydrogens is 413 g/mol. The second-order valence-electron chi connectivity index (χ2n) is 5.99. The van der Waals surface area contributed by atoms with Gasteiger partial charge in [-0.25, -0.2) is 0 Å². The lowest BCUT2D eigenvalue weighted by molar-refractivity contribution is 0.0942. The van der Waals surface area contributed by atoms with Crippen molar-refractivity contribution in [2.75, 3.05) is 5.32 Å². The quantitative estimate of drug-likeness (QED) is 0.530. The van der Waals surface area contributed by atoms with E-state index in [9.17, 15) is 10.1 Å². The minimum atomic E-state index is -1.79. The van der Waals surface area contributed by atoms with Crippen molar-refractivity contribution >= 4 is 57.0 Å². The van der Waals surface area contributed by atoms with Gasteiger partial charge in [0.1, 0.15) is 17.2 Å². The number of hydrogen-bond donors (Lipinski definition) is 2. The molecular formula is C18H16Cl3N3OS. The van der Waals surface area contributed by atoms with Gasteiger partial charge in [-0.1, -0.05) is 53.0 Å². The number of fused-ring (bicyclic) bond motifs is 1. The van der Waals surface area contributed by atoms with Gasteiger partial charge in [0.2, 0.25) is 3.79 Å². The molecule has 4 nitrogen and oxygen atoms in total. The van der Waals surface area contributed by atoms with Gasteiger partial charge in [-0.2, -0.15) is 5.26 Å². The number of nitrogens with zero attached hydrogens (tertiary/aromatic N) is 1. The number of hydrogen-bond acceptors (Lipinski definition) is 4. The molecule has 0 spiro atoms. The van der Waals surface area contributed by atoms with E-state index >= 15 is 0 Å². The molecule has 1 aliphatic rings. The molecule has 0 radical (unpaired) electrons. The SMILES string of the molecule is N#Cc1c(N[C@@H](NC(=O)c2ccccc2)C(Cl)(Cl)Cl)sc2c1CCCC2. The summed E-state index contributed by atoms with van der Waals surface area (Å²) >= 11 is 19.7. The number of aryl methyl sites for hydroxylation is 1. The van der Waals surface area contributed by atoms with Crippen LogP contribution in [0.3, 0.4) is 0 Å². The minimum absolute atomic E-state index is 0.366. The first kappa shape index (κ1) is 19.3. The van der Waals surface area contributed by atoms with Crippen molar-refractivity contribution in [3.05, 3.63) is 51.9 Å². The molecule has 1 aromatic heterocycles. The maximum absolute atomic E-state index is 12.5. The van der Waals surface area contributed by atoms with E-state index in [0.29, 0.717) is 16.1 Å². The van der Waals surface area contributed by atoms with Crippen LogP contribution in [0.2, 0.25) is 0 Å². The molecule has 1 amide bonds. The number of carbonyl (C=O) groups is 1. The Morgan fingerprint density at radius 1 is 1.19 bits per heavy atom. The number of carbonyl (C=O) groups excluding carboxylic acids is 1. The molecule has 0 bridgehead atoms. The van der Waals surface area contributed by atoms with E-state index in [2.05, 4.69) is 16.7 Å². The standard InChI is InChI=1S/C18H16Cl3N3OS/c19-18(20,21)17(23-15(25)11-6-2-1-3-7-11)24-16-13(10-22)12-8-4-5-9-14(12)26-16/h1-3,6-7,17,24H,4-5,8-9H2,(H,23,25)/t17-/m1/s1. The number of anilines is 1. The summed E-state index contributed by atoms with van der Waals surface area (Å²) in [7, 11) is 0. The minimum Gasteiger partial charge on any atom is -0.352 e. The van der Waals surface area contributed by atoms with E-state index in [1.54, 1.807) is 24.3 Å². The van der Waals surface area contributed by atoms with Crippen molar-refractivity contribution in [1.82, 2.24) is 5.32 Å². The van der Waals surface area contributed by atoms with Crippen LogP contribution in [-0.2, 0) is 12.8 Å². The fraction of sp³-hybridized carbons (Fsp3) is 0.333. The van der Waals surface area contributed by atoms with E-state index in [1.807, 2.05) is 6.07 Å². The van der Waals surface area contributed by atoms with Crippen molar-refractivity contribution in [3.8, 4) is 6.07 Å². The van der Waals surface area contributed by atoms with E-state index in [1.165, 1.54) is 16.2 Å². The molecule has 2 N–H and O–H groups in total. The van der Waals surface area contributed by atoms with Crippen LogP contribution in [0.4, 0.5) is 5.00 Å². The summed E-state index contributed by atoms with van der Waals surface area (Å²) in [6.07, 6.45) is 3.02. The summed E-state index contributed by atoms with van der Waals surface area (Å²) in [5.41, 5.74) is 2.11. The number of nitrogens with one attached hydrogen (secondary N) is 2. The zero-order chi connectivity index (χ0) is 18.7. The average Bonchev–Trinajstić information content (AvgIpc) is 2.98. The Morgan fingerprint density at radius 2 is 1.88 bits per heavy atom. The topological polar surface area (TPSA) is 64.9 Å². The molecule has 0 fully saturated rings. The van der Waals surface area contributed by atoms with Crippen molar-refractivity contribution in [1.29, 1.82) is 5.26 Å². The third-order valence-electron chi connectivity index (χ3n) is 4.20. The maximum atomic E-state index is 12.5. The Kier molecular flexibility index (Phi) is 5.99. The molecule has 1 aromatic carbocycles. The Hall–Kier alpha value is -1.45. The molecule has 3 rings (SSSR count). The summed E-state index contributed by atoms with van der Waals surface area (Å²) in [6, 6.07) is 10.9. The number of thiophene rings is 1. The van der Waals surface area contributed by atoms with Gasteiger partial charge >= 0.3 is 0 Å². The lowest BCUT2D eigenvalue weighted by Crippen LogP contribution is -2.49. The third kappa shape index (κ3) is 4.27. The molecule has 1 heterocycles. The Morgan fingerprint density at radius 3 is 2.54 bits per heavy atom. The third-order valence-corrected chi connectivity index (χ3v) is 6.07. The van der Waals surface area contributed by atoms with Gasteiger partial charge in [-0.3, -0.25) is 4.79 Å². The summed E-state index contributed by atoms with van der Waals surface area (Å²) in [5, 5.41) is 16.0. The van der Waals surface area contributed by atoms with Gasteiger partial charge in [0, 0.05) is 10.4 Å². The highest BCUT2D eigenvalue weighted by atomic mass is 35.6. The number of nitriles is 1. The molecule has 1 atom stereocenters. The number of halogens is 3. The van der Waals surface area contributed by atoms with Gasteiger partial charge in [0.05, 0.1) is 5.56 Å². The largest absolute Gasteiger partial charge is 0.352 e. The monoisotopic (exact) mass is 427 g/mol. The Balaban J connectivity index is 1.85. The number of rotatable bonds is 4. The zero-order valence-corrected chi connectivity index (χ0v) is 16.8. The smallest absolute Gasteiger partial charge is 0.252 e. The van der Waals surface area contributed by atoms with Crippen LogP contribution in [0.5, 0.6) is 0 Å². The van der Waals surface area contributed by atoms with E-state index in [-0.39, 0.29) is 5.91 Å². The molecule has 1 aliphatic carbocycles. The van der Waals surface area contributed by atoms with E-state index in [4.69, 9.17) is 34.8 Å². The van der Waals surface area contributed by atoms with E-state index < -0.39 is 9.96 Å². The van der Waals surface area contributed by atoms with Crippen LogP contribution in [0, 0.1) is 11.3 Å². The Bertz CT molecular complexity index is 840. The summed E-state index contributed by atoms with van der Waals surface area (Å²) < 4.78 is -1.79. The summed E-state index contributed by atoms with van der Waals surface area (Å²) in [5.74, 6) is -0.366. The molecule has 136 valence electrons. The molecule has 0 aliphatic heterocycles. The fourth-order valence-electron chi connectivity index (χ4n) is 2.92. The van der Waals surface area contributed by atoms with Gasteiger partial charge in [-0.15, -0.1) is 11.3 Å². The lowest BCUT2D eigenvalue weighted by Gasteiger charge is -2.27. The lowest BCUT2D eigenvalue weighted by atomic mass is 9.96. The van der Waals surface area contributed by atoms with Crippen molar-refractivity contribution in [2.24, 2.45) is 0 Å². The van der Waals surface area contributed by atoms with E-state index in [0.717, 1.165) is 31.2 Å². The predicted molar refractivity (Wildman–Crippen MR) is 107 cm³/mol. The zero-order valence-electron chi connectivity index (χ0n) is 13.7. The van der Waals surface area contributed by atoms with Gasteiger partial charge in [-0.05, 0) is 43.4 Å². The van der Waals surface area contributed by atoms with Crippen LogP contribution in [-0.4, -0.2) is 15.9 Å². The molecule has 8 heteroatoms. The fourth-order valence-corrected chi connectivity index (χ4v) is 4.52. The number of amides is 1. The maximum Gasteiger partial charge on any atom is 0.252 e. The van der Waals surface area contributed by atoms with Crippen molar-refractivity contribution in [3.63, 3.8) is 0 Å². The first-order valence-corrected chi connectivity index (χ1v) is 10.1. The van der Waals surface area contributed by atoms with Crippen LogP contribution < -0.4 is 10.6 Å². The predicted octanol–water partition coefficient (Wildman–Crippen LogP) is 5.04. The molecule has 0 unspecified atom stereocenters. The first-order valence-electron chi connectivity index (χ1n) is 8.14. The first-order chi connectivity index (χ1) is 12.4. The highest BCUT2D eigenvalue weighted by molar-refractivity contribution is 7.16. The highest BCUT2D eigenvalue weighted by Gasteiger charge is 2.35. The van der Waals surface area contributed by atoms with Crippen LogP contribution in [0.15, 0.2) is 30.3 Å². The summed E-state index contributed by atoms with van der Waals surface area (Å²) in [6.45, 7) is 0. The molecule has 0 saturated heterocycles.